The Morgan fingerprint density at radius 3 is 2.85 bits per heavy atom. The van der Waals surface area contributed by atoms with Crippen molar-refractivity contribution in [1.82, 2.24) is 19.8 Å². The van der Waals surface area contributed by atoms with Crippen molar-refractivity contribution >= 4 is 23.2 Å². The van der Waals surface area contributed by atoms with Crippen molar-refractivity contribution in [1.29, 1.82) is 0 Å². The number of nitrogens with zero attached hydrogens (tertiary/aromatic N) is 4. The number of aromatic nitrogens is 4. The quantitative estimate of drug-likeness (QED) is 0.803. The van der Waals surface area contributed by atoms with Gasteiger partial charge < -0.3 is 9.84 Å². The predicted octanol–water partition coefficient (Wildman–Crippen LogP) is 3.16. The lowest BCUT2D eigenvalue weighted by Crippen LogP contribution is -2.09. The van der Waals surface area contributed by atoms with Crippen molar-refractivity contribution in [3.05, 3.63) is 40.4 Å². The summed E-state index contributed by atoms with van der Waals surface area (Å²) >= 11 is 5.93. The number of aryl methyl sites for hydroxylation is 2. The van der Waals surface area contributed by atoms with E-state index >= 15 is 0 Å². The molecule has 0 aromatic carbocycles. The molecule has 0 aliphatic rings. The van der Waals surface area contributed by atoms with Crippen molar-refractivity contribution in [3.8, 4) is 0 Å². The third-order valence-electron chi connectivity index (χ3n) is 3.16. The lowest BCUT2D eigenvalue weighted by molar-refractivity contribution is 0.392. The molecule has 1 unspecified atom stereocenters. The molecular weight excluding hydrogens is 278 g/mol. The van der Waals surface area contributed by atoms with Crippen molar-refractivity contribution in [2.24, 2.45) is 0 Å². The molecule has 3 rings (SSSR count). The van der Waals surface area contributed by atoms with Crippen LogP contribution in [0.1, 0.15) is 30.0 Å². The van der Waals surface area contributed by atoms with Gasteiger partial charge in [-0.15, -0.1) is 5.10 Å². The summed E-state index contributed by atoms with van der Waals surface area (Å²) in [6.45, 7) is 5.83. The summed E-state index contributed by atoms with van der Waals surface area (Å²) in [5, 5.41) is 12.2. The van der Waals surface area contributed by atoms with Crippen LogP contribution >= 0.6 is 11.6 Å². The molecule has 3 aromatic rings. The molecule has 0 saturated heterocycles. The number of nitrogens with one attached hydrogen (secondary N) is 1. The van der Waals surface area contributed by atoms with Gasteiger partial charge in [0, 0.05) is 11.8 Å². The Hall–Kier alpha value is -2.08. The van der Waals surface area contributed by atoms with Crippen LogP contribution in [0.25, 0.3) is 5.65 Å². The number of halogens is 1. The number of anilines is 1. The fourth-order valence-corrected chi connectivity index (χ4v) is 2.45. The van der Waals surface area contributed by atoms with Crippen molar-refractivity contribution in [3.63, 3.8) is 0 Å². The van der Waals surface area contributed by atoms with Gasteiger partial charge in [0.05, 0.1) is 16.8 Å². The maximum absolute atomic E-state index is 5.93. The molecule has 0 saturated carbocycles. The Balaban J connectivity index is 1.89. The summed E-state index contributed by atoms with van der Waals surface area (Å²) in [4.78, 5) is 4.39. The first-order valence-corrected chi connectivity index (χ1v) is 6.63. The molecule has 0 fully saturated rings. The van der Waals surface area contributed by atoms with E-state index in [4.69, 9.17) is 16.1 Å². The van der Waals surface area contributed by atoms with E-state index in [1.165, 1.54) is 0 Å². The SMILES string of the molecule is Cc1noc(C)c1C(C)Nc1nc2ccc(Cl)cn2n1. The van der Waals surface area contributed by atoms with E-state index in [0.717, 1.165) is 22.7 Å². The second-order valence-corrected chi connectivity index (χ2v) is 5.13. The summed E-state index contributed by atoms with van der Waals surface area (Å²) in [6, 6.07) is 3.61. The van der Waals surface area contributed by atoms with Crippen LogP contribution < -0.4 is 5.32 Å². The van der Waals surface area contributed by atoms with Crippen LogP contribution in [0.2, 0.25) is 5.02 Å². The minimum absolute atomic E-state index is 0.00846. The fraction of sp³-hybridized carbons (Fsp3) is 0.308. The molecule has 20 heavy (non-hydrogen) atoms. The topological polar surface area (TPSA) is 68.2 Å². The highest BCUT2D eigenvalue weighted by molar-refractivity contribution is 6.30. The molecule has 7 heteroatoms. The number of hydrogen-bond acceptors (Lipinski definition) is 5. The lowest BCUT2D eigenvalue weighted by atomic mass is 10.1. The highest BCUT2D eigenvalue weighted by Crippen LogP contribution is 2.24. The molecule has 0 bridgehead atoms. The van der Waals surface area contributed by atoms with Crippen molar-refractivity contribution in [2.75, 3.05) is 5.32 Å². The van der Waals surface area contributed by atoms with Crippen LogP contribution in [0.15, 0.2) is 22.9 Å². The molecule has 0 amide bonds. The average Bonchev–Trinajstić information content (AvgIpc) is 2.92. The average molecular weight is 292 g/mol. The van der Waals surface area contributed by atoms with E-state index in [2.05, 4.69) is 20.6 Å². The molecule has 1 N–H and O–H groups in total. The summed E-state index contributed by atoms with van der Waals surface area (Å²) < 4.78 is 6.82. The number of fused-ring (bicyclic) bond motifs is 1. The van der Waals surface area contributed by atoms with E-state index in [1.807, 2.05) is 26.8 Å². The lowest BCUT2D eigenvalue weighted by Gasteiger charge is -2.11. The molecule has 0 aliphatic carbocycles. The first-order chi connectivity index (χ1) is 9.54. The van der Waals surface area contributed by atoms with Gasteiger partial charge in [0.25, 0.3) is 0 Å². The van der Waals surface area contributed by atoms with Gasteiger partial charge in [-0.3, -0.25) is 0 Å². The van der Waals surface area contributed by atoms with Crippen LogP contribution in [0.5, 0.6) is 0 Å². The molecule has 0 aliphatic heterocycles. The zero-order valence-corrected chi connectivity index (χ0v) is 12.1. The van der Waals surface area contributed by atoms with Crippen LogP contribution in [0, 0.1) is 13.8 Å². The van der Waals surface area contributed by atoms with Gasteiger partial charge in [-0.25, -0.2) is 4.52 Å². The van der Waals surface area contributed by atoms with Gasteiger partial charge in [0.2, 0.25) is 5.95 Å². The van der Waals surface area contributed by atoms with E-state index in [1.54, 1.807) is 16.8 Å². The third kappa shape index (κ3) is 2.22. The van der Waals surface area contributed by atoms with Crippen LogP contribution in [0.4, 0.5) is 5.95 Å². The maximum atomic E-state index is 5.93. The van der Waals surface area contributed by atoms with Gasteiger partial charge in [0.1, 0.15) is 5.76 Å². The molecule has 3 aromatic heterocycles. The summed E-state index contributed by atoms with van der Waals surface area (Å²) in [5.41, 5.74) is 2.64. The summed E-state index contributed by atoms with van der Waals surface area (Å²) in [6.07, 6.45) is 1.72. The van der Waals surface area contributed by atoms with Gasteiger partial charge in [0.15, 0.2) is 5.65 Å². The zero-order valence-electron chi connectivity index (χ0n) is 11.4. The number of pyridine rings is 1. The number of rotatable bonds is 3. The largest absolute Gasteiger partial charge is 0.361 e. The Labute approximate surface area is 120 Å². The first kappa shape index (κ1) is 12.9. The monoisotopic (exact) mass is 291 g/mol. The molecule has 0 spiro atoms. The molecule has 3 heterocycles. The van der Waals surface area contributed by atoms with Gasteiger partial charge in [-0.05, 0) is 32.9 Å². The summed E-state index contributed by atoms with van der Waals surface area (Å²) in [7, 11) is 0. The first-order valence-electron chi connectivity index (χ1n) is 6.26. The highest BCUT2D eigenvalue weighted by atomic mass is 35.5. The molecule has 0 radical (unpaired) electrons. The van der Waals surface area contributed by atoms with Crippen molar-refractivity contribution in [2.45, 2.75) is 26.8 Å². The molecule has 104 valence electrons. The van der Waals surface area contributed by atoms with Gasteiger partial charge >= 0.3 is 0 Å². The minimum Gasteiger partial charge on any atom is -0.361 e. The fourth-order valence-electron chi connectivity index (χ4n) is 2.29. The second kappa shape index (κ2) is 4.79. The maximum Gasteiger partial charge on any atom is 0.243 e. The van der Waals surface area contributed by atoms with E-state index < -0.39 is 0 Å². The van der Waals surface area contributed by atoms with E-state index in [-0.39, 0.29) is 6.04 Å². The molecule has 1 atom stereocenters. The van der Waals surface area contributed by atoms with Gasteiger partial charge in [-0.2, -0.15) is 4.98 Å². The summed E-state index contributed by atoms with van der Waals surface area (Å²) in [5.74, 6) is 1.34. The molecule has 6 nitrogen and oxygen atoms in total. The second-order valence-electron chi connectivity index (χ2n) is 4.69. The normalized spacial score (nSPS) is 12.8. The van der Waals surface area contributed by atoms with Crippen LogP contribution in [-0.4, -0.2) is 19.8 Å². The Morgan fingerprint density at radius 2 is 2.15 bits per heavy atom. The van der Waals surface area contributed by atoms with E-state index in [9.17, 15) is 0 Å². The van der Waals surface area contributed by atoms with E-state index in [0.29, 0.717) is 11.0 Å². The molecular formula is C13H14ClN5O. The Morgan fingerprint density at radius 1 is 1.35 bits per heavy atom. The van der Waals surface area contributed by atoms with Crippen LogP contribution in [0.3, 0.4) is 0 Å². The van der Waals surface area contributed by atoms with Gasteiger partial charge in [-0.1, -0.05) is 16.8 Å². The Kier molecular flexibility index (Phi) is 3.10. The standard InChI is InChI=1S/C13H14ClN5O/c1-7(12-8(2)18-20-9(12)3)15-13-16-11-5-4-10(14)6-19(11)17-13/h4-7H,1-3H3,(H,15,17). The third-order valence-corrected chi connectivity index (χ3v) is 3.39. The van der Waals surface area contributed by atoms with Crippen LogP contribution in [-0.2, 0) is 0 Å². The zero-order chi connectivity index (χ0) is 14.3. The smallest absolute Gasteiger partial charge is 0.243 e. The highest BCUT2D eigenvalue weighted by Gasteiger charge is 2.17. The Bertz CT molecular complexity index is 744. The minimum atomic E-state index is 0.00846. The van der Waals surface area contributed by atoms with Crippen molar-refractivity contribution < 1.29 is 4.52 Å². The predicted molar refractivity (Wildman–Crippen MR) is 76.0 cm³/mol. The number of hydrogen-bond donors (Lipinski definition) is 1.